The third-order valence-electron chi connectivity index (χ3n) is 11.9. The van der Waals surface area contributed by atoms with E-state index in [0.29, 0.717) is 23.4 Å². The van der Waals surface area contributed by atoms with Crippen molar-refractivity contribution in [2.24, 2.45) is 44.8 Å². The smallest absolute Gasteiger partial charge is 0.304 e. The average Bonchev–Trinajstić information content (AvgIpc) is 2.99. The fraction of sp³-hybridized carbons (Fsp3) is 0.962. The molecule has 0 radical (unpaired) electrons. The first kappa shape index (κ1) is 21.2. The van der Waals surface area contributed by atoms with Gasteiger partial charge in [0.25, 0.3) is 0 Å². The molecule has 1 saturated heterocycles. The van der Waals surface area contributed by atoms with Gasteiger partial charge in [0.15, 0.2) is 0 Å². The highest BCUT2D eigenvalue weighted by Crippen LogP contribution is 2.75. The van der Waals surface area contributed by atoms with Crippen LogP contribution >= 0.6 is 0 Å². The van der Waals surface area contributed by atoms with Crippen molar-refractivity contribution in [3.05, 3.63) is 0 Å². The molecule has 0 spiro atoms. The molecule has 3 unspecified atom stereocenters. The molecular weight excluding hydrogens is 376 g/mol. The second-order valence-electron chi connectivity index (χ2n) is 13.3. The summed E-state index contributed by atoms with van der Waals surface area (Å²) in [4.78, 5) is 11.8. The maximum absolute atomic E-state index is 11.8. The van der Waals surface area contributed by atoms with Gasteiger partial charge in [-0.15, -0.1) is 0 Å². The Kier molecular flexibility index (Phi) is 4.42. The lowest BCUT2D eigenvalue weighted by atomic mass is 9.34. The van der Waals surface area contributed by atoms with E-state index in [1.54, 1.807) is 0 Å². The summed E-state index contributed by atoms with van der Waals surface area (Å²) in [6, 6.07) is 0. The third kappa shape index (κ3) is 2.44. The van der Waals surface area contributed by atoms with Gasteiger partial charge in [0.2, 0.25) is 0 Å². The van der Waals surface area contributed by atoms with Crippen LogP contribution in [0.15, 0.2) is 0 Å². The Morgan fingerprint density at radius 3 is 2.33 bits per heavy atom. The van der Waals surface area contributed by atoms with E-state index in [9.17, 15) is 15.0 Å². The van der Waals surface area contributed by atoms with Gasteiger partial charge in [0, 0.05) is 5.41 Å². The van der Waals surface area contributed by atoms with Gasteiger partial charge in [-0.05, 0) is 90.8 Å². The number of carbonyl (C=O) groups is 1. The highest BCUT2D eigenvalue weighted by Gasteiger charge is 2.71. The molecule has 4 aliphatic carbocycles. The first-order valence-corrected chi connectivity index (χ1v) is 12.4. The zero-order valence-corrected chi connectivity index (χ0v) is 19.7. The lowest BCUT2D eigenvalue weighted by molar-refractivity contribution is -0.236. The topological polar surface area (TPSA) is 66.8 Å². The van der Waals surface area contributed by atoms with Crippen LogP contribution in [0, 0.1) is 44.8 Å². The van der Waals surface area contributed by atoms with Gasteiger partial charge in [0.05, 0.1) is 25.2 Å². The van der Waals surface area contributed by atoms with Crippen LogP contribution in [0.3, 0.4) is 0 Å². The van der Waals surface area contributed by atoms with Gasteiger partial charge in [-0.2, -0.15) is 0 Å². The van der Waals surface area contributed by atoms with Crippen LogP contribution in [-0.4, -0.2) is 35.0 Å². The van der Waals surface area contributed by atoms with E-state index in [1.807, 2.05) is 0 Å². The van der Waals surface area contributed by atoms with Gasteiger partial charge in [-0.3, -0.25) is 4.79 Å². The maximum Gasteiger partial charge on any atom is 0.304 e. The largest absolute Gasteiger partial charge is 0.481 e. The molecule has 30 heavy (non-hydrogen) atoms. The molecule has 0 aromatic carbocycles. The first-order chi connectivity index (χ1) is 13.9. The second kappa shape index (κ2) is 6.25. The number of hydrogen-bond acceptors (Lipinski definition) is 3. The maximum atomic E-state index is 11.8. The fourth-order valence-corrected chi connectivity index (χ4v) is 9.89. The summed E-state index contributed by atoms with van der Waals surface area (Å²) in [5.74, 6) is 0.811. The molecule has 170 valence electrons. The monoisotopic (exact) mass is 418 g/mol. The van der Waals surface area contributed by atoms with Gasteiger partial charge < -0.3 is 14.9 Å². The zero-order valence-electron chi connectivity index (χ0n) is 19.7. The summed E-state index contributed by atoms with van der Waals surface area (Å²) in [7, 11) is 0. The zero-order chi connectivity index (χ0) is 21.7. The minimum atomic E-state index is -0.767. The van der Waals surface area contributed by atoms with E-state index in [0.717, 1.165) is 25.9 Å². The van der Waals surface area contributed by atoms with Crippen LogP contribution in [-0.2, 0) is 9.53 Å². The van der Waals surface area contributed by atoms with Gasteiger partial charge in [-0.25, -0.2) is 0 Å². The molecule has 0 aromatic heterocycles. The Morgan fingerprint density at radius 2 is 1.63 bits per heavy atom. The van der Waals surface area contributed by atoms with Crippen molar-refractivity contribution >= 4 is 5.97 Å². The molecule has 0 aromatic rings. The molecule has 1 aliphatic heterocycles. The van der Waals surface area contributed by atoms with Crippen LogP contribution in [0.4, 0.5) is 0 Å². The second-order valence-corrected chi connectivity index (χ2v) is 13.3. The van der Waals surface area contributed by atoms with E-state index in [-0.39, 0.29) is 28.6 Å². The number of ether oxygens (including phenoxy) is 1. The molecule has 4 heteroatoms. The lowest BCUT2D eigenvalue weighted by Crippen LogP contribution is -2.66. The van der Waals surface area contributed by atoms with Crippen molar-refractivity contribution < 1.29 is 19.7 Å². The summed E-state index contributed by atoms with van der Waals surface area (Å²) >= 11 is 0. The fourth-order valence-electron chi connectivity index (χ4n) is 9.89. The van der Waals surface area contributed by atoms with Crippen molar-refractivity contribution in [1.82, 2.24) is 0 Å². The molecule has 4 saturated carbocycles. The predicted molar refractivity (Wildman–Crippen MR) is 116 cm³/mol. The van der Waals surface area contributed by atoms with E-state index in [4.69, 9.17) is 4.74 Å². The van der Waals surface area contributed by atoms with Crippen LogP contribution in [0.5, 0.6) is 0 Å². The Bertz CT molecular complexity index is 747. The number of fused-ring (bicyclic) bond motifs is 3. The van der Waals surface area contributed by atoms with E-state index in [1.165, 1.54) is 32.1 Å². The van der Waals surface area contributed by atoms with Crippen LogP contribution in [0.2, 0.25) is 0 Å². The van der Waals surface area contributed by atoms with Crippen LogP contribution in [0.25, 0.3) is 0 Å². The highest BCUT2D eigenvalue weighted by molar-refractivity contribution is 5.68. The molecule has 0 amide bonds. The standard InChI is InChI=1S/C26H42O4/c1-22(2)10-12-26-13-11-24(4)16(20(26)21(22)30-15-26)6-7-17-23(3,14-19(28)29)18(27)8-9-25(17,24)5/h16-18,20-21,27H,6-15H2,1-5H3,(H,28,29)/t16?,17?,18-,20?,21-,23-,24-,25-,26-/m1/s1. The van der Waals surface area contributed by atoms with E-state index in [2.05, 4.69) is 34.6 Å². The normalized spacial score (nSPS) is 56.5. The Labute approximate surface area is 182 Å². The van der Waals surface area contributed by atoms with E-state index >= 15 is 0 Å². The number of aliphatic hydroxyl groups excluding tert-OH is 1. The number of rotatable bonds is 2. The third-order valence-corrected chi connectivity index (χ3v) is 11.9. The summed E-state index contributed by atoms with van der Waals surface area (Å²) in [6.45, 7) is 12.8. The molecule has 2 N–H and O–H groups in total. The van der Waals surface area contributed by atoms with Crippen molar-refractivity contribution in [3.8, 4) is 0 Å². The molecule has 4 nitrogen and oxygen atoms in total. The lowest BCUT2D eigenvalue weighted by Gasteiger charge is -2.70. The van der Waals surface area contributed by atoms with Crippen LogP contribution < -0.4 is 0 Å². The molecule has 5 fully saturated rings. The Balaban J connectivity index is 1.55. The molecule has 9 atom stereocenters. The summed E-state index contributed by atoms with van der Waals surface area (Å²) < 4.78 is 6.59. The molecule has 1 heterocycles. The summed E-state index contributed by atoms with van der Waals surface area (Å²) in [5.41, 5.74) is 0.391. The number of hydrogen-bond donors (Lipinski definition) is 2. The predicted octanol–water partition coefficient (Wildman–Crippen LogP) is 5.28. The molecule has 5 aliphatic rings. The summed E-state index contributed by atoms with van der Waals surface area (Å²) in [6.07, 6.45) is 9.01. The minimum absolute atomic E-state index is 0.0846. The van der Waals surface area contributed by atoms with Gasteiger partial charge in [0.1, 0.15) is 0 Å². The molecule has 5 rings (SSSR count). The van der Waals surface area contributed by atoms with Crippen LogP contribution in [0.1, 0.15) is 92.4 Å². The summed E-state index contributed by atoms with van der Waals surface area (Å²) in [5, 5.41) is 20.7. The number of aliphatic carboxylic acids is 1. The first-order valence-electron chi connectivity index (χ1n) is 12.4. The van der Waals surface area contributed by atoms with Crippen molar-refractivity contribution in [3.63, 3.8) is 0 Å². The minimum Gasteiger partial charge on any atom is -0.481 e. The number of aliphatic hydroxyl groups is 1. The quantitative estimate of drug-likeness (QED) is 0.640. The van der Waals surface area contributed by atoms with Crippen molar-refractivity contribution in [1.29, 1.82) is 0 Å². The average molecular weight is 419 g/mol. The Hall–Kier alpha value is -0.610. The highest BCUT2D eigenvalue weighted by atomic mass is 16.5. The number of carboxylic acid groups (broad SMARTS) is 1. The molecule has 2 bridgehead atoms. The van der Waals surface area contributed by atoms with Crippen molar-refractivity contribution in [2.45, 2.75) is 105 Å². The molecular formula is C26H42O4. The van der Waals surface area contributed by atoms with Gasteiger partial charge >= 0.3 is 5.97 Å². The SMILES string of the molecule is CC1(C)CC[C@]23CC[C@]4(C)C(CCC5[C@@](C)(CC(=O)O)[C@H](O)CC[C@]54C)C2[C@H]1OC3. The Morgan fingerprint density at radius 1 is 0.933 bits per heavy atom. The number of carboxylic acids is 1. The van der Waals surface area contributed by atoms with Gasteiger partial charge in [-0.1, -0.05) is 34.6 Å². The van der Waals surface area contributed by atoms with E-state index < -0.39 is 17.5 Å². The van der Waals surface area contributed by atoms with Crippen molar-refractivity contribution in [2.75, 3.05) is 6.61 Å².